The van der Waals surface area contributed by atoms with Crippen molar-refractivity contribution in [1.82, 2.24) is 9.97 Å². The van der Waals surface area contributed by atoms with E-state index in [0.29, 0.717) is 11.0 Å². The minimum atomic E-state index is -1.56. The topological polar surface area (TPSA) is 51.8 Å². The van der Waals surface area contributed by atoms with Crippen LogP contribution in [0.5, 0.6) is 0 Å². The van der Waals surface area contributed by atoms with Crippen LogP contribution in [0.25, 0.3) is 22.3 Å². The largest absolute Gasteiger partial charge is 0.382 e. The van der Waals surface area contributed by atoms with Crippen molar-refractivity contribution in [3.63, 3.8) is 0 Å². The summed E-state index contributed by atoms with van der Waals surface area (Å²) in [6.45, 7) is 0. The second-order valence-electron chi connectivity index (χ2n) is 4.17. The van der Waals surface area contributed by atoms with Crippen LogP contribution in [0.2, 0.25) is 0 Å². The fourth-order valence-corrected chi connectivity index (χ4v) is 1.92. The number of rotatable bonds is 1. The van der Waals surface area contributed by atoms with Crippen molar-refractivity contribution in [1.29, 1.82) is 0 Å². The number of anilines is 1. The summed E-state index contributed by atoms with van der Waals surface area (Å²) in [5.74, 6) is -4.20. The highest BCUT2D eigenvalue weighted by atomic mass is 19.2. The highest BCUT2D eigenvalue weighted by molar-refractivity contribution is 5.82. The molecule has 0 spiro atoms. The maximum Gasteiger partial charge on any atom is 0.195 e. The molecular weight excluding hydrogens is 267 g/mol. The number of aromatic nitrogens is 2. The molecule has 0 saturated heterocycles. The predicted molar refractivity (Wildman–Crippen MR) is 69.3 cm³/mol. The Morgan fingerprint density at radius 3 is 2.15 bits per heavy atom. The van der Waals surface area contributed by atoms with Crippen molar-refractivity contribution in [3.8, 4) is 11.3 Å². The first-order valence-electron chi connectivity index (χ1n) is 5.74. The lowest BCUT2D eigenvalue weighted by Crippen LogP contribution is -2.02. The minimum Gasteiger partial charge on any atom is -0.382 e. The van der Waals surface area contributed by atoms with Crippen molar-refractivity contribution in [2.75, 3.05) is 5.73 Å². The Kier molecular flexibility index (Phi) is 2.78. The zero-order valence-corrected chi connectivity index (χ0v) is 10.1. The molecule has 0 atom stereocenters. The van der Waals surface area contributed by atoms with Gasteiger partial charge in [-0.25, -0.2) is 23.1 Å². The van der Waals surface area contributed by atoms with Crippen LogP contribution in [0.3, 0.4) is 0 Å². The number of para-hydroxylation sites is 2. The van der Waals surface area contributed by atoms with E-state index in [9.17, 15) is 13.2 Å². The Hall–Kier alpha value is -2.63. The zero-order valence-electron chi connectivity index (χ0n) is 10.1. The number of hydrogen-bond donors (Lipinski definition) is 1. The van der Waals surface area contributed by atoms with Gasteiger partial charge in [0.2, 0.25) is 0 Å². The molecule has 0 amide bonds. The second-order valence-corrected chi connectivity index (χ2v) is 4.17. The molecule has 1 aromatic heterocycles. The van der Waals surface area contributed by atoms with E-state index in [1.807, 2.05) is 0 Å². The van der Waals surface area contributed by atoms with Crippen LogP contribution in [0.15, 0.2) is 36.4 Å². The summed E-state index contributed by atoms with van der Waals surface area (Å²) >= 11 is 0. The molecule has 0 fully saturated rings. The first-order valence-corrected chi connectivity index (χ1v) is 5.74. The van der Waals surface area contributed by atoms with E-state index < -0.39 is 17.5 Å². The predicted octanol–water partition coefficient (Wildman–Crippen LogP) is 3.30. The molecule has 0 radical (unpaired) electrons. The van der Waals surface area contributed by atoms with E-state index in [-0.39, 0.29) is 17.1 Å². The number of benzene rings is 2. The third-order valence-electron chi connectivity index (χ3n) is 2.89. The summed E-state index contributed by atoms with van der Waals surface area (Å²) in [5, 5.41) is 0. The second kappa shape index (κ2) is 4.48. The molecule has 20 heavy (non-hydrogen) atoms. The zero-order chi connectivity index (χ0) is 14.3. The van der Waals surface area contributed by atoms with E-state index in [1.54, 1.807) is 24.3 Å². The molecule has 2 N–H and O–H groups in total. The highest BCUT2D eigenvalue weighted by Crippen LogP contribution is 2.29. The summed E-state index contributed by atoms with van der Waals surface area (Å²) < 4.78 is 40.0. The van der Waals surface area contributed by atoms with E-state index in [2.05, 4.69) is 9.97 Å². The minimum absolute atomic E-state index is 0.0138. The quantitative estimate of drug-likeness (QED) is 0.693. The molecule has 0 aliphatic rings. The molecule has 3 nitrogen and oxygen atoms in total. The summed E-state index contributed by atoms with van der Waals surface area (Å²) in [6, 6.07) is 8.77. The van der Waals surface area contributed by atoms with Crippen LogP contribution >= 0.6 is 0 Å². The lowest BCUT2D eigenvalue weighted by molar-refractivity contribution is 0.449. The summed E-state index contributed by atoms with van der Waals surface area (Å²) in [7, 11) is 0. The Morgan fingerprint density at radius 2 is 1.45 bits per heavy atom. The van der Waals surface area contributed by atoms with Gasteiger partial charge < -0.3 is 5.73 Å². The number of nitrogens with two attached hydrogens (primary N) is 1. The monoisotopic (exact) mass is 275 g/mol. The molecule has 0 saturated carbocycles. The van der Waals surface area contributed by atoms with Gasteiger partial charge in [0.15, 0.2) is 23.3 Å². The maximum atomic E-state index is 13.8. The van der Waals surface area contributed by atoms with Gasteiger partial charge in [0.25, 0.3) is 0 Å². The van der Waals surface area contributed by atoms with E-state index in [0.717, 1.165) is 12.1 Å². The number of nitrogens with zero attached hydrogens (tertiary/aromatic N) is 2. The summed E-state index contributed by atoms with van der Waals surface area (Å²) in [4.78, 5) is 8.24. The average Bonchev–Trinajstić information content (AvgIpc) is 2.45. The lowest BCUT2D eigenvalue weighted by atomic mass is 10.1. The summed E-state index contributed by atoms with van der Waals surface area (Å²) in [6.07, 6.45) is 0. The molecule has 100 valence electrons. The van der Waals surface area contributed by atoms with Gasteiger partial charge in [0.05, 0.1) is 11.0 Å². The maximum absolute atomic E-state index is 13.8. The molecule has 6 heteroatoms. The van der Waals surface area contributed by atoms with Crippen LogP contribution in [-0.2, 0) is 0 Å². The van der Waals surface area contributed by atoms with Gasteiger partial charge in [-0.2, -0.15) is 0 Å². The molecular formula is C14H8F3N3. The Balaban J connectivity index is 2.29. The molecule has 0 aliphatic carbocycles. The van der Waals surface area contributed by atoms with Crippen LogP contribution < -0.4 is 5.73 Å². The molecule has 3 aromatic rings. The number of nitrogen functional groups attached to an aromatic ring is 1. The van der Waals surface area contributed by atoms with Gasteiger partial charge in [0.1, 0.15) is 5.69 Å². The smallest absolute Gasteiger partial charge is 0.195 e. The third kappa shape index (κ3) is 1.85. The van der Waals surface area contributed by atoms with Gasteiger partial charge in [-0.1, -0.05) is 12.1 Å². The summed E-state index contributed by atoms with van der Waals surface area (Å²) in [5.41, 5.74) is 6.51. The molecule has 0 aliphatic heterocycles. The van der Waals surface area contributed by atoms with E-state index >= 15 is 0 Å². The molecule has 0 unspecified atom stereocenters. The van der Waals surface area contributed by atoms with Gasteiger partial charge >= 0.3 is 0 Å². The number of fused-ring (bicyclic) bond motifs is 1. The van der Waals surface area contributed by atoms with Gasteiger partial charge in [-0.05, 0) is 24.3 Å². The molecule has 2 aromatic carbocycles. The van der Waals surface area contributed by atoms with Crippen molar-refractivity contribution in [2.45, 2.75) is 0 Å². The SMILES string of the molecule is Nc1nc2ccccc2nc1-c1ccc(F)c(F)c1F. The van der Waals surface area contributed by atoms with Crippen LogP contribution in [0.1, 0.15) is 0 Å². The third-order valence-corrected chi connectivity index (χ3v) is 2.89. The number of hydrogen-bond acceptors (Lipinski definition) is 3. The Morgan fingerprint density at radius 1 is 0.800 bits per heavy atom. The standard InChI is InChI=1S/C14H8F3N3/c15-8-6-5-7(11(16)12(8)17)13-14(18)20-10-4-2-1-3-9(10)19-13/h1-6H,(H2,18,20). The van der Waals surface area contributed by atoms with Gasteiger partial charge in [-0.15, -0.1) is 0 Å². The number of halogens is 3. The lowest BCUT2D eigenvalue weighted by Gasteiger charge is -2.08. The average molecular weight is 275 g/mol. The fraction of sp³-hybridized carbons (Fsp3) is 0. The van der Waals surface area contributed by atoms with Crippen molar-refractivity contribution in [2.24, 2.45) is 0 Å². The Bertz CT molecular complexity index is 818. The van der Waals surface area contributed by atoms with E-state index in [4.69, 9.17) is 5.73 Å². The van der Waals surface area contributed by atoms with Crippen LogP contribution in [0.4, 0.5) is 19.0 Å². The van der Waals surface area contributed by atoms with Gasteiger partial charge in [-0.3, -0.25) is 0 Å². The first-order chi connectivity index (χ1) is 9.58. The normalized spacial score (nSPS) is 10.9. The van der Waals surface area contributed by atoms with E-state index in [1.165, 1.54) is 0 Å². The van der Waals surface area contributed by atoms with Gasteiger partial charge in [0, 0.05) is 5.56 Å². The first kappa shape index (κ1) is 12.4. The Labute approximate surface area is 111 Å². The van der Waals surface area contributed by atoms with Crippen molar-refractivity contribution in [3.05, 3.63) is 53.8 Å². The molecule has 0 bridgehead atoms. The van der Waals surface area contributed by atoms with Crippen LogP contribution in [-0.4, -0.2) is 9.97 Å². The molecule has 3 rings (SSSR count). The van der Waals surface area contributed by atoms with Crippen molar-refractivity contribution >= 4 is 16.9 Å². The highest BCUT2D eigenvalue weighted by Gasteiger charge is 2.18. The molecule has 1 heterocycles. The van der Waals surface area contributed by atoms with Crippen LogP contribution in [0, 0.1) is 17.5 Å². The fourth-order valence-electron chi connectivity index (χ4n) is 1.92. The van der Waals surface area contributed by atoms with Crippen molar-refractivity contribution < 1.29 is 13.2 Å².